The Balaban J connectivity index is 1.60. The third-order valence-corrected chi connectivity index (χ3v) is 7.64. The first-order valence-electron chi connectivity index (χ1n) is 8.74. The van der Waals surface area contributed by atoms with Crippen LogP contribution in [0.5, 0.6) is 0 Å². The smallest absolute Gasteiger partial charge is 0.164 e. The molecule has 4 rings (SSSR count). The van der Waals surface area contributed by atoms with Crippen molar-refractivity contribution in [1.82, 2.24) is 0 Å². The summed E-state index contributed by atoms with van der Waals surface area (Å²) in [6, 6.07) is 16.5. The molecule has 0 N–H and O–H groups in total. The van der Waals surface area contributed by atoms with Gasteiger partial charge >= 0.3 is 0 Å². The molecule has 0 unspecified atom stereocenters. The van der Waals surface area contributed by atoms with Crippen LogP contribution in [0.4, 0.5) is 5.69 Å². The first-order chi connectivity index (χ1) is 12.4. The largest absolute Gasteiger partial charge is 0.315 e. The highest BCUT2D eigenvalue weighted by molar-refractivity contribution is 8.13. The summed E-state index contributed by atoms with van der Waals surface area (Å²) in [7, 11) is -3.01. The summed E-state index contributed by atoms with van der Waals surface area (Å²) in [5, 5.41) is 0.930. The molecule has 0 aromatic heterocycles. The average Bonchev–Trinajstić information content (AvgIpc) is 3.06. The van der Waals surface area contributed by atoms with Gasteiger partial charge in [-0.1, -0.05) is 59.3 Å². The maximum Gasteiger partial charge on any atom is 0.164 e. The zero-order valence-electron chi connectivity index (χ0n) is 14.9. The second-order valence-corrected chi connectivity index (χ2v) is 10.2. The molecule has 136 valence electrons. The third-order valence-electron chi connectivity index (χ3n) is 4.91. The predicted molar refractivity (Wildman–Crippen MR) is 110 cm³/mol. The quantitative estimate of drug-likeness (QED) is 0.809. The fraction of sp³-hybridized carbons (Fsp3) is 0.350. The van der Waals surface area contributed by atoms with Crippen molar-refractivity contribution in [2.75, 3.05) is 16.4 Å². The molecular formula is C20H22N2O2S2. The SMILES string of the molecule is Cc1ccc(CSC2=N[C@H]3CS(=O)(=O)C[C@H]3N2c2ccc(C)cc2)cc1. The lowest BCUT2D eigenvalue weighted by atomic mass is 10.1. The zero-order chi connectivity index (χ0) is 18.3. The number of sulfone groups is 1. The Kier molecular flexibility index (Phi) is 4.57. The van der Waals surface area contributed by atoms with Crippen molar-refractivity contribution in [1.29, 1.82) is 0 Å². The molecule has 2 aromatic rings. The van der Waals surface area contributed by atoms with Crippen LogP contribution in [0, 0.1) is 13.8 Å². The van der Waals surface area contributed by atoms with E-state index < -0.39 is 9.84 Å². The lowest BCUT2D eigenvalue weighted by molar-refractivity contribution is 0.601. The van der Waals surface area contributed by atoms with Gasteiger partial charge in [0, 0.05) is 11.4 Å². The summed E-state index contributed by atoms with van der Waals surface area (Å²) in [6.07, 6.45) is 0. The summed E-state index contributed by atoms with van der Waals surface area (Å²) in [5.41, 5.74) is 4.71. The van der Waals surface area contributed by atoms with Crippen LogP contribution in [0.3, 0.4) is 0 Å². The number of hydrogen-bond acceptors (Lipinski definition) is 5. The van der Waals surface area contributed by atoms with Crippen LogP contribution < -0.4 is 4.90 Å². The summed E-state index contributed by atoms with van der Waals surface area (Å²) < 4.78 is 24.2. The van der Waals surface area contributed by atoms with Crippen molar-refractivity contribution >= 4 is 32.5 Å². The summed E-state index contributed by atoms with van der Waals surface area (Å²) in [6.45, 7) is 4.14. The van der Waals surface area contributed by atoms with Crippen LogP contribution in [0.1, 0.15) is 16.7 Å². The number of aryl methyl sites for hydroxylation is 2. The molecule has 0 radical (unpaired) electrons. The van der Waals surface area contributed by atoms with Gasteiger partial charge in [-0.25, -0.2) is 8.42 Å². The zero-order valence-corrected chi connectivity index (χ0v) is 16.6. The van der Waals surface area contributed by atoms with E-state index in [9.17, 15) is 8.42 Å². The predicted octanol–water partition coefficient (Wildman–Crippen LogP) is 3.58. The number of amidine groups is 1. The van der Waals surface area contributed by atoms with Crippen LogP contribution in [-0.4, -0.2) is 37.2 Å². The fourth-order valence-corrected chi connectivity index (χ4v) is 6.40. The molecule has 1 fully saturated rings. The standard InChI is InChI=1S/C20H22N2O2S2/c1-14-3-7-16(8-4-14)11-25-20-21-18-12-26(23,24)13-19(18)22(20)17-9-5-15(2)6-10-17/h3-10,18-19H,11-13H2,1-2H3/t18-,19+/m0/s1. The highest BCUT2D eigenvalue weighted by Gasteiger charge is 2.47. The van der Waals surface area contributed by atoms with Crippen LogP contribution in [0.25, 0.3) is 0 Å². The monoisotopic (exact) mass is 386 g/mol. The molecule has 0 aliphatic carbocycles. The van der Waals surface area contributed by atoms with Crippen LogP contribution >= 0.6 is 11.8 Å². The number of aliphatic imine (C=N–C) groups is 1. The van der Waals surface area contributed by atoms with E-state index >= 15 is 0 Å². The summed E-state index contributed by atoms with van der Waals surface area (Å²) in [4.78, 5) is 6.92. The molecule has 26 heavy (non-hydrogen) atoms. The van der Waals surface area contributed by atoms with E-state index in [-0.39, 0.29) is 23.6 Å². The Hall–Kier alpha value is -1.79. The first kappa shape index (κ1) is 17.6. The van der Waals surface area contributed by atoms with E-state index in [1.165, 1.54) is 16.7 Å². The number of thioether (sulfide) groups is 1. The first-order valence-corrected chi connectivity index (χ1v) is 11.5. The summed E-state index contributed by atoms with van der Waals surface area (Å²) in [5.74, 6) is 1.17. The number of rotatable bonds is 3. The normalized spacial score (nSPS) is 23.8. The topological polar surface area (TPSA) is 49.7 Å². The Morgan fingerprint density at radius 3 is 2.27 bits per heavy atom. The molecule has 2 aliphatic heterocycles. The lowest BCUT2D eigenvalue weighted by Gasteiger charge is -2.26. The molecule has 0 amide bonds. The second-order valence-electron chi connectivity index (χ2n) is 7.10. The maximum absolute atomic E-state index is 12.1. The number of nitrogens with zero attached hydrogens (tertiary/aromatic N) is 2. The molecule has 1 saturated heterocycles. The van der Waals surface area contributed by atoms with Gasteiger partial charge in [-0.3, -0.25) is 4.99 Å². The summed E-state index contributed by atoms with van der Waals surface area (Å²) >= 11 is 1.69. The average molecular weight is 387 g/mol. The third kappa shape index (κ3) is 3.53. The highest BCUT2D eigenvalue weighted by atomic mass is 32.2. The van der Waals surface area contributed by atoms with Gasteiger partial charge in [0.25, 0.3) is 0 Å². The van der Waals surface area contributed by atoms with Crippen LogP contribution in [-0.2, 0) is 15.6 Å². The van der Waals surface area contributed by atoms with E-state index in [0.717, 1.165) is 16.6 Å². The van der Waals surface area contributed by atoms with Gasteiger partial charge in [-0.15, -0.1) is 0 Å². The van der Waals surface area contributed by atoms with E-state index in [1.54, 1.807) is 11.8 Å². The molecular weight excluding hydrogens is 364 g/mol. The van der Waals surface area contributed by atoms with Gasteiger partial charge in [-0.2, -0.15) is 0 Å². The molecule has 0 spiro atoms. The van der Waals surface area contributed by atoms with Crippen molar-refractivity contribution < 1.29 is 8.42 Å². The molecule has 2 atom stereocenters. The number of hydrogen-bond donors (Lipinski definition) is 0. The van der Waals surface area contributed by atoms with Gasteiger partial charge in [0.2, 0.25) is 0 Å². The van der Waals surface area contributed by atoms with Crippen molar-refractivity contribution in [3.63, 3.8) is 0 Å². The van der Waals surface area contributed by atoms with Crippen molar-refractivity contribution in [3.8, 4) is 0 Å². The Labute approximate surface area is 159 Å². The minimum absolute atomic E-state index is 0.0803. The van der Waals surface area contributed by atoms with Gasteiger partial charge < -0.3 is 4.90 Å². The lowest BCUT2D eigenvalue weighted by Crippen LogP contribution is -2.39. The molecule has 2 aromatic carbocycles. The Morgan fingerprint density at radius 2 is 1.62 bits per heavy atom. The van der Waals surface area contributed by atoms with E-state index in [0.29, 0.717) is 0 Å². The minimum Gasteiger partial charge on any atom is -0.315 e. The molecule has 2 aliphatic rings. The minimum atomic E-state index is -3.01. The Morgan fingerprint density at radius 1 is 1.00 bits per heavy atom. The van der Waals surface area contributed by atoms with Gasteiger partial charge in [0.1, 0.15) is 0 Å². The van der Waals surface area contributed by atoms with Crippen LogP contribution in [0.15, 0.2) is 53.5 Å². The van der Waals surface area contributed by atoms with Crippen molar-refractivity contribution in [2.45, 2.75) is 31.7 Å². The fourth-order valence-electron chi connectivity index (χ4n) is 3.47. The molecule has 6 heteroatoms. The second kappa shape index (κ2) is 6.74. The van der Waals surface area contributed by atoms with Crippen LogP contribution in [0.2, 0.25) is 0 Å². The van der Waals surface area contributed by atoms with Gasteiger partial charge in [0.15, 0.2) is 15.0 Å². The van der Waals surface area contributed by atoms with Gasteiger partial charge in [0.05, 0.1) is 23.6 Å². The van der Waals surface area contributed by atoms with E-state index in [2.05, 4.69) is 67.3 Å². The highest BCUT2D eigenvalue weighted by Crippen LogP contribution is 2.36. The molecule has 0 bridgehead atoms. The maximum atomic E-state index is 12.1. The number of fused-ring (bicyclic) bond motifs is 1. The number of anilines is 1. The van der Waals surface area contributed by atoms with E-state index in [1.807, 2.05) is 0 Å². The van der Waals surface area contributed by atoms with Crippen molar-refractivity contribution in [2.24, 2.45) is 4.99 Å². The van der Waals surface area contributed by atoms with E-state index in [4.69, 9.17) is 4.99 Å². The molecule has 4 nitrogen and oxygen atoms in total. The van der Waals surface area contributed by atoms with Crippen molar-refractivity contribution in [3.05, 3.63) is 65.2 Å². The Bertz CT molecular complexity index is 935. The van der Waals surface area contributed by atoms with Gasteiger partial charge in [-0.05, 0) is 31.5 Å². The molecule has 0 saturated carbocycles. The molecule has 2 heterocycles. The number of benzene rings is 2.